The van der Waals surface area contributed by atoms with Crippen molar-refractivity contribution in [1.82, 2.24) is 4.90 Å². The summed E-state index contributed by atoms with van der Waals surface area (Å²) >= 11 is 0. The SMILES string of the molecule is CC1CCCC(N2CCC(=O)CC2)CC1. The number of rotatable bonds is 1. The van der Waals surface area contributed by atoms with E-state index in [1.807, 2.05) is 0 Å². The molecule has 2 nitrogen and oxygen atoms in total. The summed E-state index contributed by atoms with van der Waals surface area (Å²) in [5, 5.41) is 0. The van der Waals surface area contributed by atoms with Crippen molar-refractivity contribution in [1.29, 1.82) is 0 Å². The van der Waals surface area contributed by atoms with Crippen LogP contribution < -0.4 is 0 Å². The fraction of sp³-hybridized carbons (Fsp3) is 0.923. The molecule has 0 N–H and O–H groups in total. The summed E-state index contributed by atoms with van der Waals surface area (Å²) in [5.41, 5.74) is 0. The van der Waals surface area contributed by atoms with Gasteiger partial charge in [-0.05, 0) is 25.2 Å². The first-order chi connectivity index (χ1) is 7.25. The fourth-order valence-corrected chi connectivity index (χ4v) is 2.97. The maximum atomic E-state index is 11.2. The van der Waals surface area contributed by atoms with Crippen LogP contribution in [0.4, 0.5) is 0 Å². The molecule has 2 rings (SSSR count). The van der Waals surface area contributed by atoms with Gasteiger partial charge in [-0.1, -0.05) is 19.8 Å². The highest BCUT2D eigenvalue weighted by Crippen LogP contribution is 2.27. The molecule has 0 aromatic carbocycles. The summed E-state index contributed by atoms with van der Waals surface area (Å²) < 4.78 is 0. The lowest BCUT2D eigenvalue weighted by molar-refractivity contribution is -0.122. The largest absolute Gasteiger partial charge is 0.300 e. The van der Waals surface area contributed by atoms with Crippen LogP contribution in [0.15, 0.2) is 0 Å². The van der Waals surface area contributed by atoms with Crippen molar-refractivity contribution in [2.75, 3.05) is 13.1 Å². The van der Waals surface area contributed by atoms with E-state index in [1.165, 1.54) is 32.1 Å². The van der Waals surface area contributed by atoms with E-state index in [0.29, 0.717) is 5.78 Å². The third-order valence-electron chi connectivity index (χ3n) is 4.10. The van der Waals surface area contributed by atoms with Gasteiger partial charge in [0.25, 0.3) is 0 Å². The topological polar surface area (TPSA) is 20.3 Å². The molecule has 86 valence electrons. The zero-order valence-corrected chi connectivity index (χ0v) is 9.87. The maximum Gasteiger partial charge on any atom is 0.135 e. The molecule has 0 aromatic heterocycles. The van der Waals surface area contributed by atoms with Gasteiger partial charge in [-0.2, -0.15) is 0 Å². The van der Waals surface area contributed by atoms with Crippen LogP contribution in [-0.4, -0.2) is 29.8 Å². The Morgan fingerprint density at radius 3 is 2.53 bits per heavy atom. The first-order valence-corrected chi connectivity index (χ1v) is 6.51. The molecule has 0 radical (unpaired) electrons. The average Bonchev–Trinajstić information content (AvgIpc) is 2.44. The summed E-state index contributed by atoms with van der Waals surface area (Å²) in [6, 6.07) is 0.781. The predicted molar refractivity (Wildman–Crippen MR) is 61.9 cm³/mol. The van der Waals surface area contributed by atoms with Gasteiger partial charge >= 0.3 is 0 Å². The Kier molecular flexibility index (Phi) is 3.79. The second kappa shape index (κ2) is 5.11. The van der Waals surface area contributed by atoms with E-state index in [9.17, 15) is 4.79 Å². The van der Waals surface area contributed by atoms with Gasteiger partial charge < -0.3 is 0 Å². The molecule has 0 aromatic rings. The summed E-state index contributed by atoms with van der Waals surface area (Å²) in [6.45, 7) is 4.43. The number of piperidine rings is 1. The summed E-state index contributed by atoms with van der Waals surface area (Å²) in [7, 11) is 0. The molecule has 1 aliphatic carbocycles. The molecule has 1 heterocycles. The van der Waals surface area contributed by atoms with Crippen LogP contribution >= 0.6 is 0 Å². The van der Waals surface area contributed by atoms with Crippen molar-refractivity contribution in [2.45, 2.75) is 57.9 Å². The van der Waals surface area contributed by atoms with E-state index >= 15 is 0 Å². The highest BCUT2D eigenvalue weighted by Gasteiger charge is 2.25. The lowest BCUT2D eigenvalue weighted by atomic mass is 10.0. The second-order valence-electron chi connectivity index (χ2n) is 5.34. The first-order valence-electron chi connectivity index (χ1n) is 6.51. The van der Waals surface area contributed by atoms with Crippen molar-refractivity contribution in [2.24, 2.45) is 5.92 Å². The van der Waals surface area contributed by atoms with E-state index in [-0.39, 0.29) is 0 Å². The normalized spacial score (nSPS) is 35.1. The van der Waals surface area contributed by atoms with Crippen molar-refractivity contribution in [3.63, 3.8) is 0 Å². The van der Waals surface area contributed by atoms with Crippen LogP contribution in [0.2, 0.25) is 0 Å². The van der Waals surface area contributed by atoms with Gasteiger partial charge in [-0.15, -0.1) is 0 Å². The Bertz CT molecular complexity index is 217. The van der Waals surface area contributed by atoms with Gasteiger partial charge in [0.05, 0.1) is 0 Å². The molecule has 0 amide bonds. The number of likely N-dealkylation sites (tertiary alicyclic amines) is 1. The van der Waals surface area contributed by atoms with Gasteiger partial charge in [0.1, 0.15) is 5.78 Å². The van der Waals surface area contributed by atoms with E-state index in [2.05, 4.69) is 11.8 Å². The minimum absolute atomic E-state index is 0.466. The lowest BCUT2D eigenvalue weighted by Gasteiger charge is -2.33. The third kappa shape index (κ3) is 3.04. The number of carbonyl (C=O) groups excluding carboxylic acids is 1. The van der Waals surface area contributed by atoms with Gasteiger partial charge in [0.2, 0.25) is 0 Å². The Morgan fingerprint density at radius 1 is 1.07 bits per heavy atom. The van der Waals surface area contributed by atoms with Crippen molar-refractivity contribution in [3.8, 4) is 0 Å². The molecular weight excluding hydrogens is 186 g/mol. The zero-order valence-electron chi connectivity index (χ0n) is 9.87. The number of nitrogens with zero attached hydrogens (tertiary/aromatic N) is 1. The van der Waals surface area contributed by atoms with Gasteiger partial charge in [-0.3, -0.25) is 9.69 Å². The molecule has 2 unspecified atom stereocenters. The molecule has 0 spiro atoms. The van der Waals surface area contributed by atoms with E-state index in [4.69, 9.17) is 0 Å². The standard InChI is InChI=1S/C13H23NO/c1-11-3-2-4-12(6-5-11)14-9-7-13(15)8-10-14/h11-12H,2-10H2,1H3. The van der Waals surface area contributed by atoms with Crippen LogP contribution in [0.5, 0.6) is 0 Å². The van der Waals surface area contributed by atoms with Crippen LogP contribution in [-0.2, 0) is 4.79 Å². The molecule has 2 atom stereocenters. The fourth-order valence-electron chi connectivity index (χ4n) is 2.97. The smallest absolute Gasteiger partial charge is 0.135 e. The molecule has 2 heteroatoms. The molecule has 2 fully saturated rings. The van der Waals surface area contributed by atoms with Crippen LogP contribution in [0.25, 0.3) is 0 Å². The number of carbonyl (C=O) groups is 1. The third-order valence-corrected chi connectivity index (χ3v) is 4.10. The second-order valence-corrected chi connectivity index (χ2v) is 5.34. The molecule has 2 aliphatic rings. The molecule has 1 aliphatic heterocycles. The Hall–Kier alpha value is -0.370. The molecule has 1 saturated heterocycles. The highest BCUT2D eigenvalue weighted by molar-refractivity contribution is 5.79. The van der Waals surface area contributed by atoms with Gasteiger partial charge in [-0.25, -0.2) is 0 Å². The molecule has 15 heavy (non-hydrogen) atoms. The van der Waals surface area contributed by atoms with E-state index in [1.54, 1.807) is 0 Å². The van der Waals surface area contributed by atoms with Gasteiger partial charge in [0, 0.05) is 32.0 Å². The average molecular weight is 209 g/mol. The van der Waals surface area contributed by atoms with E-state index < -0.39 is 0 Å². The minimum Gasteiger partial charge on any atom is -0.300 e. The number of hydrogen-bond donors (Lipinski definition) is 0. The van der Waals surface area contributed by atoms with Crippen LogP contribution in [0.3, 0.4) is 0 Å². The molecular formula is C13H23NO. The zero-order chi connectivity index (χ0) is 10.7. The minimum atomic E-state index is 0.466. The molecule has 1 saturated carbocycles. The van der Waals surface area contributed by atoms with Crippen molar-refractivity contribution >= 4 is 5.78 Å². The summed E-state index contributed by atoms with van der Waals surface area (Å²) in [4.78, 5) is 13.8. The van der Waals surface area contributed by atoms with E-state index in [0.717, 1.165) is 37.9 Å². The maximum absolute atomic E-state index is 11.2. The van der Waals surface area contributed by atoms with Gasteiger partial charge in [0.15, 0.2) is 0 Å². The van der Waals surface area contributed by atoms with Crippen molar-refractivity contribution in [3.05, 3.63) is 0 Å². The predicted octanol–water partition coefficient (Wildman–Crippen LogP) is 2.62. The first kappa shape index (κ1) is 11.1. The monoisotopic (exact) mass is 209 g/mol. The highest BCUT2D eigenvalue weighted by atomic mass is 16.1. The number of Topliss-reactive ketones (excluding diaryl/α,β-unsaturated/α-hetero) is 1. The Balaban J connectivity index is 1.84. The number of hydrogen-bond acceptors (Lipinski definition) is 2. The molecule has 0 bridgehead atoms. The lowest BCUT2D eigenvalue weighted by Crippen LogP contribution is -2.41. The Labute approximate surface area is 93.0 Å². The summed E-state index contributed by atoms with van der Waals surface area (Å²) in [5.74, 6) is 1.38. The summed E-state index contributed by atoms with van der Waals surface area (Å²) in [6.07, 6.45) is 8.49. The quantitative estimate of drug-likeness (QED) is 0.619. The number of ketones is 1. The van der Waals surface area contributed by atoms with Crippen LogP contribution in [0, 0.1) is 5.92 Å². The van der Waals surface area contributed by atoms with Crippen LogP contribution in [0.1, 0.15) is 51.9 Å². The Morgan fingerprint density at radius 2 is 1.80 bits per heavy atom. The van der Waals surface area contributed by atoms with Crippen molar-refractivity contribution < 1.29 is 4.79 Å².